The van der Waals surface area contributed by atoms with E-state index < -0.39 is 21.7 Å². The summed E-state index contributed by atoms with van der Waals surface area (Å²) < 4.78 is 40.0. The van der Waals surface area contributed by atoms with Gasteiger partial charge in [0.15, 0.2) is 0 Å². The van der Waals surface area contributed by atoms with Crippen molar-refractivity contribution in [1.29, 1.82) is 0 Å². The molecular formula is C22H22FN5O5S. The van der Waals surface area contributed by atoms with Crippen molar-refractivity contribution < 1.29 is 27.2 Å². The molecule has 2 aromatic carbocycles. The molecule has 0 aromatic heterocycles. The molecule has 2 aromatic rings. The van der Waals surface area contributed by atoms with Gasteiger partial charge in [0.25, 0.3) is 5.91 Å². The maximum atomic E-state index is 13.1. The van der Waals surface area contributed by atoms with E-state index in [-0.39, 0.29) is 67.1 Å². The van der Waals surface area contributed by atoms with Crippen LogP contribution < -0.4 is 10.6 Å². The highest BCUT2D eigenvalue weighted by Crippen LogP contribution is 2.21. The molecule has 2 N–H and O–H groups in total. The zero-order chi connectivity index (χ0) is 24.3. The fourth-order valence-corrected chi connectivity index (χ4v) is 5.00. The molecule has 2 aliphatic rings. The monoisotopic (exact) mass is 487 g/mol. The third-order valence-corrected chi connectivity index (χ3v) is 7.19. The highest BCUT2D eigenvalue weighted by molar-refractivity contribution is 7.89. The Balaban J connectivity index is 1.48. The average Bonchev–Trinajstić information content (AvgIpc) is 2.82. The number of amides is 3. The fraction of sp³-hybridized carbons (Fsp3) is 0.273. The van der Waals surface area contributed by atoms with E-state index in [0.29, 0.717) is 5.56 Å². The minimum atomic E-state index is -3.92. The van der Waals surface area contributed by atoms with E-state index in [1.165, 1.54) is 48.5 Å². The molecule has 10 nitrogen and oxygen atoms in total. The standard InChI is InChI=1S/C22H22FN5O5S/c23-16-6-4-15(5-7-16)13-28-21(30)9-8-19(26-28)22(31)25-17-2-1-3-18(12-17)34(32,33)27-11-10-24-20(29)14-27/h1-7,12H,8-11,13-14H2,(H,24,29)(H,25,31). The second kappa shape index (κ2) is 9.69. The molecule has 0 bridgehead atoms. The van der Waals surface area contributed by atoms with Crippen LogP contribution >= 0.6 is 0 Å². The summed E-state index contributed by atoms with van der Waals surface area (Å²) >= 11 is 0. The predicted molar refractivity (Wildman–Crippen MR) is 120 cm³/mol. The molecule has 2 aliphatic heterocycles. The van der Waals surface area contributed by atoms with Gasteiger partial charge in [-0.15, -0.1) is 0 Å². The van der Waals surface area contributed by atoms with Crippen LogP contribution in [0.5, 0.6) is 0 Å². The van der Waals surface area contributed by atoms with E-state index in [2.05, 4.69) is 15.7 Å². The van der Waals surface area contributed by atoms with Gasteiger partial charge < -0.3 is 10.6 Å². The van der Waals surface area contributed by atoms with Crippen molar-refractivity contribution >= 4 is 39.1 Å². The number of carbonyl (C=O) groups is 3. The molecule has 0 aliphatic carbocycles. The number of nitrogens with zero attached hydrogens (tertiary/aromatic N) is 3. The fourth-order valence-electron chi connectivity index (χ4n) is 3.56. The molecule has 1 fully saturated rings. The van der Waals surface area contributed by atoms with Gasteiger partial charge in [0, 0.05) is 31.6 Å². The molecule has 0 saturated carbocycles. The number of hydrogen-bond donors (Lipinski definition) is 2. The van der Waals surface area contributed by atoms with Gasteiger partial charge in [0.2, 0.25) is 21.8 Å². The third kappa shape index (κ3) is 5.29. The lowest BCUT2D eigenvalue weighted by Crippen LogP contribution is -2.49. The molecule has 178 valence electrons. The van der Waals surface area contributed by atoms with Crippen molar-refractivity contribution in [1.82, 2.24) is 14.6 Å². The van der Waals surface area contributed by atoms with Crippen LogP contribution in [0.15, 0.2) is 58.5 Å². The molecular weight excluding hydrogens is 465 g/mol. The van der Waals surface area contributed by atoms with Gasteiger partial charge in [-0.2, -0.15) is 9.41 Å². The minimum absolute atomic E-state index is 0.0568. The lowest BCUT2D eigenvalue weighted by molar-refractivity contribution is -0.132. The number of carbonyl (C=O) groups excluding carboxylic acids is 3. The molecule has 34 heavy (non-hydrogen) atoms. The van der Waals surface area contributed by atoms with Crippen molar-refractivity contribution in [2.75, 3.05) is 25.0 Å². The Morgan fingerprint density at radius 3 is 2.62 bits per heavy atom. The van der Waals surface area contributed by atoms with Gasteiger partial charge in [0.05, 0.1) is 18.0 Å². The van der Waals surface area contributed by atoms with Crippen molar-refractivity contribution in [2.45, 2.75) is 24.3 Å². The third-order valence-electron chi connectivity index (χ3n) is 5.35. The predicted octanol–water partition coefficient (Wildman–Crippen LogP) is 1.06. The van der Waals surface area contributed by atoms with E-state index in [4.69, 9.17) is 0 Å². The van der Waals surface area contributed by atoms with Gasteiger partial charge >= 0.3 is 0 Å². The van der Waals surface area contributed by atoms with Crippen LogP contribution in [0.2, 0.25) is 0 Å². The normalized spacial score (nSPS) is 17.2. The number of anilines is 1. The van der Waals surface area contributed by atoms with Crippen LogP contribution in [-0.2, 0) is 31.0 Å². The van der Waals surface area contributed by atoms with Crippen molar-refractivity contribution in [3.63, 3.8) is 0 Å². The van der Waals surface area contributed by atoms with Crippen molar-refractivity contribution in [2.24, 2.45) is 5.10 Å². The summed E-state index contributed by atoms with van der Waals surface area (Å²) in [5.74, 6) is -1.61. The number of piperazine rings is 1. The number of hydrogen-bond acceptors (Lipinski definition) is 6. The summed E-state index contributed by atoms with van der Waals surface area (Å²) in [6.07, 6.45) is 0.213. The van der Waals surface area contributed by atoms with Gasteiger partial charge in [-0.1, -0.05) is 18.2 Å². The Kier molecular flexibility index (Phi) is 6.70. The van der Waals surface area contributed by atoms with Crippen LogP contribution in [0.1, 0.15) is 18.4 Å². The molecule has 0 unspecified atom stereocenters. The SMILES string of the molecule is O=C1CN(S(=O)(=O)c2cccc(NC(=O)C3=NN(Cc4ccc(F)cc4)C(=O)CC3)c2)CCN1. The number of halogens is 1. The average molecular weight is 488 g/mol. The van der Waals surface area contributed by atoms with Crippen LogP contribution in [0, 0.1) is 5.82 Å². The van der Waals surface area contributed by atoms with Crippen molar-refractivity contribution in [3.05, 3.63) is 59.9 Å². The topological polar surface area (TPSA) is 128 Å². The summed E-state index contributed by atoms with van der Waals surface area (Å²) in [6.45, 7) is 0.196. The summed E-state index contributed by atoms with van der Waals surface area (Å²) in [6, 6.07) is 11.3. The zero-order valence-electron chi connectivity index (χ0n) is 18.0. The zero-order valence-corrected chi connectivity index (χ0v) is 18.8. The largest absolute Gasteiger partial charge is 0.354 e. The Morgan fingerprint density at radius 1 is 1.12 bits per heavy atom. The van der Waals surface area contributed by atoms with Crippen LogP contribution in [0.4, 0.5) is 10.1 Å². The highest BCUT2D eigenvalue weighted by atomic mass is 32.2. The number of hydrazone groups is 1. The lowest BCUT2D eigenvalue weighted by Gasteiger charge is -2.26. The Labute approximate surface area is 195 Å². The smallest absolute Gasteiger partial charge is 0.271 e. The Morgan fingerprint density at radius 2 is 1.88 bits per heavy atom. The number of benzene rings is 2. The molecule has 1 saturated heterocycles. The molecule has 3 amide bonds. The van der Waals surface area contributed by atoms with Crippen LogP contribution in [0.3, 0.4) is 0 Å². The number of sulfonamides is 1. The first-order valence-corrected chi connectivity index (χ1v) is 12.0. The maximum Gasteiger partial charge on any atom is 0.271 e. The van der Waals surface area contributed by atoms with E-state index in [9.17, 15) is 27.2 Å². The first-order chi connectivity index (χ1) is 16.2. The molecule has 0 spiro atoms. The van der Waals surface area contributed by atoms with Gasteiger partial charge in [0.1, 0.15) is 11.5 Å². The highest BCUT2D eigenvalue weighted by Gasteiger charge is 2.30. The minimum Gasteiger partial charge on any atom is -0.354 e. The van der Waals surface area contributed by atoms with Crippen molar-refractivity contribution in [3.8, 4) is 0 Å². The van der Waals surface area contributed by atoms with Crippen LogP contribution in [0.25, 0.3) is 0 Å². The van der Waals surface area contributed by atoms with E-state index in [1.807, 2.05) is 0 Å². The summed E-state index contributed by atoms with van der Waals surface area (Å²) in [5.41, 5.74) is 1.00. The first kappa shape index (κ1) is 23.5. The number of nitrogens with one attached hydrogen (secondary N) is 2. The lowest BCUT2D eigenvalue weighted by atomic mass is 10.1. The Hall–Kier alpha value is -3.64. The van der Waals surface area contributed by atoms with E-state index >= 15 is 0 Å². The second-order valence-corrected chi connectivity index (χ2v) is 9.73. The van der Waals surface area contributed by atoms with Crippen LogP contribution in [-0.4, -0.2) is 60.8 Å². The van der Waals surface area contributed by atoms with Gasteiger partial charge in [-0.25, -0.2) is 17.8 Å². The van der Waals surface area contributed by atoms with Gasteiger partial charge in [-0.3, -0.25) is 14.4 Å². The molecule has 0 atom stereocenters. The summed E-state index contributed by atoms with van der Waals surface area (Å²) in [5, 5.41) is 10.5. The van der Waals surface area contributed by atoms with E-state index in [1.54, 1.807) is 0 Å². The van der Waals surface area contributed by atoms with E-state index in [0.717, 1.165) is 9.31 Å². The summed E-state index contributed by atoms with van der Waals surface area (Å²) in [7, 11) is -3.92. The second-order valence-electron chi connectivity index (χ2n) is 7.80. The molecule has 4 rings (SSSR count). The Bertz CT molecular complexity index is 1260. The maximum absolute atomic E-state index is 13.1. The molecule has 0 radical (unpaired) electrons. The first-order valence-electron chi connectivity index (χ1n) is 10.5. The number of rotatable bonds is 6. The quantitative estimate of drug-likeness (QED) is 0.630. The molecule has 12 heteroatoms. The molecule has 2 heterocycles. The summed E-state index contributed by atoms with van der Waals surface area (Å²) in [4.78, 5) is 36.5. The van der Waals surface area contributed by atoms with Gasteiger partial charge in [-0.05, 0) is 35.9 Å².